The molecule has 1 aromatic carbocycles. The molecule has 0 unspecified atom stereocenters. The highest BCUT2D eigenvalue weighted by molar-refractivity contribution is 7.92. The molecule has 26 heavy (non-hydrogen) atoms. The molecule has 3 N–H and O–H groups in total. The lowest BCUT2D eigenvalue weighted by Gasteiger charge is -2.14. The smallest absolute Gasteiger partial charge is 0.316 e. The number of aromatic nitrogens is 2. The highest BCUT2D eigenvalue weighted by Crippen LogP contribution is 2.26. The zero-order valence-corrected chi connectivity index (χ0v) is 15.7. The number of aryl methyl sites for hydroxylation is 2. The molecule has 0 saturated heterocycles. The Morgan fingerprint density at radius 3 is 2.35 bits per heavy atom. The van der Waals surface area contributed by atoms with Crippen molar-refractivity contribution in [3.05, 3.63) is 35.2 Å². The number of nitrogens with one attached hydrogen (secondary N) is 1. The van der Waals surface area contributed by atoms with Gasteiger partial charge in [-0.1, -0.05) is 0 Å². The van der Waals surface area contributed by atoms with E-state index < -0.39 is 15.9 Å². The van der Waals surface area contributed by atoms with Gasteiger partial charge in [0.2, 0.25) is 0 Å². The van der Waals surface area contributed by atoms with Gasteiger partial charge in [-0.3, -0.25) is 9.52 Å². The van der Waals surface area contributed by atoms with Crippen molar-refractivity contribution in [2.75, 3.05) is 18.4 Å². The van der Waals surface area contributed by atoms with Gasteiger partial charge < -0.3 is 15.2 Å². The molecule has 0 saturated carbocycles. The van der Waals surface area contributed by atoms with Crippen LogP contribution in [0.2, 0.25) is 0 Å². The summed E-state index contributed by atoms with van der Waals surface area (Å²) < 4.78 is 38.1. The molecule has 0 radical (unpaired) electrons. The first-order chi connectivity index (χ1) is 12.2. The van der Waals surface area contributed by atoms with Gasteiger partial charge in [0.05, 0.1) is 41.3 Å². The highest BCUT2D eigenvalue weighted by atomic mass is 32.2. The Labute approximate surface area is 151 Å². The molecule has 2 rings (SSSR count). The van der Waals surface area contributed by atoms with Crippen LogP contribution in [0.25, 0.3) is 0 Å². The minimum Gasteiger partial charge on any atom is -0.496 e. The maximum absolute atomic E-state index is 12.7. The van der Waals surface area contributed by atoms with E-state index in [9.17, 15) is 13.2 Å². The minimum absolute atomic E-state index is 0.0354. The Kier molecular flexibility index (Phi) is 5.66. The van der Waals surface area contributed by atoms with Crippen LogP contribution in [0.4, 0.5) is 5.69 Å². The third-order valence-electron chi connectivity index (χ3n) is 3.51. The number of carbonyl (C=O) groups is 1. The van der Waals surface area contributed by atoms with Crippen LogP contribution in [-0.4, -0.2) is 38.0 Å². The van der Waals surface area contributed by atoms with Crippen molar-refractivity contribution in [2.24, 2.45) is 5.73 Å². The van der Waals surface area contributed by atoms with Gasteiger partial charge in [-0.15, -0.1) is 0 Å². The van der Waals surface area contributed by atoms with Gasteiger partial charge >= 0.3 is 6.01 Å². The summed E-state index contributed by atoms with van der Waals surface area (Å²) in [7, 11) is -2.64. The first-order valence-corrected chi connectivity index (χ1v) is 9.16. The second-order valence-corrected chi connectivity index (χ2v) is 7.00. The van der Waals surface area contributed by atoms with Crippen molar-refractivity contribution < 1.29 is 22.7 Å². The number of sulfonamides is 1. The lowest BCUT2D eigenvalue weighted by atomic mass is 10.2. The standard InChI is InChI=1S/C16H20N4O5S/c1-5-25-16-18-9(2)14(10(3)19-16)20-26(22,23)11-6-7-13(24-4)12(8-11)15(17)21/h6-8,20H,5H2,1-4H3,(H2,17,21). The highest BCUT2D eigenvalue weighted by Gasteiger charge is 2.21. The van der Waals surface area contributed by atoms with E-state index in [2.05, 4.69) is 14.7 Å². The molecule has 1 aromatic heterocycles. The number of benzene rings is 1. The Morgan fingerprint density at radius 2 is 1.85 bits per heavy atom. The number of primary amides is 1. The molecule has 0 aliphatic heterocycles. The summed E-state index contributed by atoms with van der Waals surface area (Å²) in [5.74, 6) is -0.608. The summed E-state index contributed by atoms with van der Waals surface area (Å²) in [6.07, 6.45) is 0. The van der Waals surface area contributed by atoms with E-state index in [0.29, 0.717) is 18.0 Å². The Bertz CT molecular complexity index is 921. The maximum atomic E-state index is 12.7. The van der Waals surface area contributed by atoms with Crippen LogP contribution in [0, 0.1) is 13.8 Å². The monoisotopic (exact) mass is 380 g/mol. The van der Waals surface area contributed by atoms with Crippen LogP contribution in [0.1, 0.15) is 28.7 Å². The first-order valence-electron chi connectivity index (χ1n) is 7.68. The number of ether oxygens (including phenoxy) is 2. The van der Waals surface area contributed by atoms with Crippen LogP contribution in [0.5, 0.6) is 11.8 Å². The zero-order valence-electron chi connectivity index (χ0n) is 14.9. The van der Waals surface area contributed by atoms with Crippen LogP contribution < -0.4 is 19.9 Å². The molecule has 0 aliphatic rings. The Balaban J connectivity index is 2.44. The molecule has 1 heterocycles. The van der Waals surface area contributed by atoms with E-state index in [1.165, 1.54) is 19.2 Å². The van der Waals surface area contributed by atoms with Gasteiger partial charge in [-0.05, 0) is 39.0 Å². The van der Waals surface area contributed by atoms with Crippen LogP contribution >= 0.6 is 0 Å². The van der Waals surface area contributed by atoms with Crippen LogP contribution in [0.15, 0.2) is 23.1 Å². The van der Waals surface area contributed by atoms with E-state index in [4.69, 9.17) is 15.2 Å². The molecule has 0 fully saturated rings. The number of nitrogens with zero attached hydrogens (tertiary/aromatic N) is 2. The predicted octanol–water partition coefficient (Wildman–Crippen LogP) is 1.40. The fourth-order valence-electron chi connectivity index (χ4n) is 2.27. The molecule has 0 atom stereocenters. The van der Waals surface area contributed by atoms with Gasteiger partial charge in [0.1, 0.15) is 5.75 Å². The number of methoxy groups -OCH3 is 1. The number of amides is 1. The molecule has 0 spiro atoms. The third kappa shape index (κ3) is 4.02. The minimum atomic E-state index is -4.00. The average molecular weight is 380 g/mol. The summed E-state index contributed by atoms with van der Waals surface area (Å²) in [6, 6.07) is 4.01. The van der Waals surface area contributed by atoms with E-state index in [1.54, 1.807) is 20.8 Å². The summed E-state index contributed by atoms with van der Waals surface area (Å²) in [4.78, 5) is 19.6. The topological polar surface area (TPSA) is 134 Å². The van der Waals surface area contributed by atoms with Gasteiger partial charge in [-0.25, -0.2) is 8.42 Å². The van der Waals surface area contributed by atoms with Crippen molar-refractivity contribution in [2.45, 2.75) is 25.7 Å². The Morgan fingerprint density at radius 1 is 1.23 bits per heavy atom. The molecule has 0 bridgehead atoms. The van der Waals surface area contributed by atoms with Crippen LogP contribution in [-0.2, 0) is 10.0 Å². The number of hydrogen-bond donors (Lipinski definition) is 2. The second-order valence-electron chi connectivity index (χ2n) is 5.32. The lowest BCUT2D eigenvalue weighted by molar-refractivity contribution is 0.0997. The molecule has 1 amide bonds. The van der Waals surface area contributed by atoms with Crippen molar-refractivity contribution in [3.8, 4) is 11.8 Å². The van der Waals surface area contributed by atoms with Gasteiger partial charge in [-0.2, -0.15) is 9.97 Å². The van der Waals surface area contributed by atoms with E-state index in [0.717, 1.165) is 6.07 Å². The number of rotatable bonds is 7. The molecular weight excluding hydrogens is 360 g/mol. The SMILES string of the molecule is CCOc1nc(C)c(NS(=O)(=O)c2ccc(OC)c(C(N)=O)c2)c(C)n1. The van der Waals surface area contributed by atoms with Crippen molar-refractivity contribution in [1.29, 1.82) is 0 Å². The van der Waals surface area contributed by atoms with Gasteiger partial charge in [0, 0.05) is 0 Å². The van der Waals surface area contributed by atoms with E-state index in [1.807, 2.05) is 0 Å². The average Bonchev–Trinajstić information content (AvgIpc) is 2.57. The first kappa shape index (κ1) is 19.4. The second kappa shape index (κ2) is 7.56. The molecule has 9 nitrogen and oxygen atoms in total. The molecule has 2 aromatic rings. The van der Waals surface area contributed by atoms with Crippen molar-refractivity contribution in [3.63, 3.8) is 0 Å². The van der Waals surface area contributed by atoms with E-state index >= 15 is 0 Å². The number of nitrogens with two attached hydrogens (primary N) is 1. The lowest BCUT2D eigenvalue weighted by Crippen LogP contribution is -2.18. The molecule has 0 aliphatic carbocycles. The predicted molar refractivity (Wildman–Crippen MR) is 95.0 cm³/mol. The van der Waals surface area contributed by atoms with Crippen molar-refractivity contribution >= 4 is 21.6 Å². The van der Waals surface area contributed by atoms with E-state index in [-0.39, 0.29) is 27.9 Å². The summed E-state index contributed by atoms with van der Waals surface area (Å²) in [6.45, 7) is 5.46. The fraction of sp³-hybridized carbons (Fsp3) is 0.312. The summed E-state index contributed by atoms with van der Waals surface area (Å²) in [5, 5.41) is 0. The third-order valence-corrected chi connectivity index (χ3v) is 4.85. The zero-order chi connectivity index (χ0) is 19.5. The normalized spacial score (nSPS) is 11.1. The van der Waals surface area contributed by atoms with Crippen LogP contribution in [0.3, 0.4) is 0 Å². The number of carbonyl (C=O) groups excluding carboxylic acids is 1. The molecule has 10 heteroatoms. The Hall–Kier alpha value is -2.88. The largest absolute Gasteiger partial charge is 0.496 e. The van der Waals surface area contributed by atoms with Gasteiger partial charge in [0.25, 0.3) is 15.9 Å². The van der Waals surface area contributed by atoms with Crippen molar-refractivity contribution in [1.82, 2.24) is 9.97 Å². The number of anilines is 1. The number of hydrogen-bond acceptors (Lipinski definition) is 7. The fourth-order valence-corrected chi connectivity index (χ4v) is 3.47. The quantitative estimate of drug-likeness (QED) is 0.741. The summed E-state index contributed by atoms with van der Waals surface area (Å²) >= 11 is 0. The molecule has 140 valence electrons. The molecular formula is C16H20N4O5S. The van der Waals surface area contributed by atoms with Gasteiger partial charge in [0.15, 0.2) is 0 Å². The maximum Gasteiger partial charge on any atom is 0.316 e. The summed E-state index contributed by atoms with van der Waals surface area (Å²) in [5.41, 5.74) is 6.31.